The Morgan fingerprint density at radius 3 is 3.15 bits per heavy atom. The van der Waals surface area contributed by atoms with E-state index in [0.29, 0.717) is 0 Å². The molecular formula is C9H4N2OS. The number of fused-ring (bicyclic) bond motifs is 2. The van der Waals surface area contributed by atoms with Gasteiger partial charge < -0.3 is 0 Å². The molecule has 0 saturated carbocycles. The van der Waals surface area contributed by atoms with Crippen molar-refractivity contribution < 1.29 is 4.79 Å². The average molecular weight is 188 g/mol. The fraction of sp³-hybridized carbons (Fsp3) is 0. The molecule has 62 valence electrons. The predicted molar refractivity (Wildman–Crippen MR) is 51.1 cm³/mol. The lowest BCUT2D eigenvalue weighted by molar-refractivity contribution is 0.267. The normalized spacial score (nSPS) is 16.5. The average Bonchev–Trinajstić information content (AvgIpc) is 2.63. The van der Waals surface area contributed by atoms with Crippen LogP contribution in [0.4, 0.5) is 10.5 Å². The molecule has 2 aliphatic heterocycles. The van der Waals surface area contributed by atoms with Crippen molar-refractivity contribution in [2.24, 2.45) is 9.98 Å². The summed E-state index contributed by atoms with van der Waals surface area (Å²) < 4.78 is 0. The zero-order chi connectivity index (χ0) is 8.84. The van der Waals surface area contributed by atoms with Crippen molar-refractivity contribution in [3.63, 3.8) is 0 Å². The minimum absolute atomic E-state index is 0.136. The molecule has 1 aromatic rings. The van der Waals surface area contributed by atoms with Crippen LogP contribution in [-0.2, 0) is 0 Å². The molecule has 0 spiro atoms. The van der Waals surface area contributed by atoms with Gasteiger partial charge in [-0.1, -0.05) is 0 Å². The van der Waals surface area contributed by atoms with Gasteiger partial charge in [0.25, 0.3) is 0 Å². The zero-order valence-corrected chi connectivity index (χ0v) is 7.34. The molecule has 0 radical (unpaired) electrons. The van der Waals surface area contributed by atoms with Gasteiger partial charge in [0.2, 0.25) is 0 Å². The molecule has 0 unspecified atom stereocenters. The summed E-state index contributed by atoms with van der Waals surface area (Å²) in [5.41, 5.74) is 0.901. The summed E-state index contributed by atoms with van der Waals surface area (Å²) >= 11 is 1.18. The van der Waals surface area contributed by atoms with Crippen LogP contribution in [0.1, 0.15) is 0 Å². The lowest BCUT2D eigenvalue weighted by Crippen LogP contribution is -2.08. The molecule has 0 aliphatic carbocycles. The minimum Gasteiger partial charge on any atom is -0.259 e. The van der Waals surface area contributed by atoms with Crippen molar-refractivity contribution in [2.45, 2.75) is 4.90 Å². The number of rotatable bonds is 0. The third-order valence-corrected chi connectivity index (χ3v) is 2.80. The summed E-state index contributed by atoms with van der Waals surface area (Å²) in [6.07, 6.45) is 3.69. The number of nitrogens with zero attached hydrogens (tertiary/aromatic N) is 2. The van der Waals surface area contributed by atoms with Gasteiger partial charge in [0.1, 0.15) is 0 Å². The van der Waals surface area contributed by atoms with E-state index in [1.807, 2.05) is 18.2 Å². The van der Waals surface area contributed by atoms with Gasteiger partial charge in [-0.15, -0.1) is 0 Å². The molecular weight excluding hydrogens is 184 g/mol. The molecule has 0 atom stereocenters. The highest BCUT2D eigenvalue weighted by Crippen LogP contribution is 2.21. The quantitative estimate of drug-likeness (QED) is 0.610. The summed E-state index contributed by atoms with van der Waals surface area (Å²) in [5, 5.41) is 1.68. The maximum absolute atomic E-state index is 11.0. The summed E-state index contributed by atoms with van der Waals surface area (Å²) in [5.74, 6) is 0. The highest BCUT2D eigenvalue weighted by Gasteiger charge is 2.14. The second-order valence-corrected chi connectivity index (χ2v) is 3.80. The Hall–Kier alpha value is -1.42. The summed E-state index contributed by atoms with van der Waals surface area (Å²) in [6.45, 7) is 0. The Labute approximate surface area is 77.9 Å². The fourth-order valence-corrected chi connectivity index (χ4v) is 2.13. The standard InChI is InChI=1S/C9H4N2OS/c12-9-11-7-4-6-5(1-2-10-6)3-8(7)13-9/h1-4H. The van der Waals surface area contributed by atoms with Crippen molar-refractivity contribution in [1.82, 2.24) is 0 Å². The summed E-state index contributed by atoms with van der Waals surface area (Å²) in [6, 6.07) is 3.80. The van der Waals surface area contributed by atoms with E-state index in [1.54, 1.807) is 6.21 Å². The number of carbonyl (C=O) groups is 1. The van der Waals surface area contributed by atoms with E-state index in [9.17, 15) is 4.79 Å². The van der Waals surface area contributed by atoms with Crippen LogP contribution >= 0.6 is 11.8 Å². The van der Waals surface area contributed by atoms with Gasteiger partial charge in [-0.3, -0.25) is 9.79 Å². The first-order chi connectivity index (χ1) is 6.33. The van der Waals surface area contributed by atoms with Crippen LogP contribution in [0.25, 0.3) is 6.08 Å². The lowest BCUT2D eigenvalue weighted by atomic mass is 10.2. The highest BCUT2D eigenvalue weighted by atomic mass is 32.2. The van der Waals surface area contributed by atoms with Crippen LogP contribution in [-0.4, -0.2) is 11.5 Å². The van der Waals surface area contributed by atoms with Gasteiger partial charge in [-0.05, 0) is 30.0 Å². The molecule has 0 saturated heterocycles. The van der Waals surface area contributed by atoms with Crippen molar-refractivity contribution >= 4 is 35.0 Å². The van der Waals surface area contributed by atoms with Gasteiger partial charge in [-0.25, -0.2) is 4.99 Å². The Morgan fingerprint density at radius 1 is 1.31 bits per heavy atom. The Morgan fingerprint density at radius 2 is 2.23 bits per heavy atom. The molecule has 0 fully saturated rings. The van der Waals surface area contributed by atoms with Crippen molar-refractivity contribution in [2.75, 3.05) is 0 Å². The zero-order valence-electron chi connectivity index (χ0n) is 6.52. The van der Waals surface area contributed by atoms with E-state index in [0.717, 1.165) is 21.2 Å². The number of benzene rings is 1. The number of thioether (sulfide) groups is 1. The summed E-state index contributed by atoms with van der Waals surface area (Å²) in [4.78, 5) is 19.9. The van der Waals surface area contributed by atoms with Gasteiger partial charge >= 0.3 is 5.24 Å². The van der Waals surface area contributed by atoms with Crippen LogP contribution in [0.15, 0.2) is 27.0 Å². The molecule has 2 heterocycles. The van der Waals surface area contributed by atoms with Crippen LogP contribution in [0, 0.1) is 0 Å². The van der Waals surface area contributed by atoms with Gasteiger partial charge in [-0.2, -0.15) is 0 Å². The summed E-state index contributed by atoms with van der Waals surface area (Å²) in [7, 11) is 0. The number of hydrogen-bond acceptors (Lipinski definition) is 3. The van der Waals surface area contributed by atoms with Crippen molar-refractivity contribution in [3.05, 3.63) is 22.7 Å². The van der Waals surface area contributed by atoms with E-state index in [1.165, 1.54) is 11.8 Å². The Balaban J connectivity index is 2.41. The maximum atomic E-state index is 11.0. The van der Waals surface area contributed by atoms with E-state index >= 15 is 0 Å². The van der Waals surface area contributed by atoms with Crippen molar-refractivity contribution in [1.29, 1.82) is 0 Å². The lowest BCUT2D eigenvalue weighted by Gasteiger charge is -1.91. The number of amides is 1. The Kier molecular flexibility index (Phi) is 1.24. The second-order valence-electron chi connectivity index (χ2n) is 2.80. The predicted octanol–water partition coefficient (Wildman–Crippen LogP) is 1.03. The first-order valence-electron chi connectivity index (χ1n) is 3.82. The SMILES string of the molecule is O=C1N=c2cc3c(cc2S1)=CC=N3. The molecule has 2 aliphatic rings. The van der Waals surface area contributed by atoms with Crippen LogP contribution in [0.2, 0.25) is 0 Å². The third kappa shape index (κ3) is 0.954. The van der Waals surface area contributed by atoms with E-state index in [-0.39, 0.29) is 5.24 Å². The molecule has 3 nitrogen and oxygen atoms in total. The molecule has 4 heteroatoms. The highest BCUT2D eigenvalue weighted by molar-refractivity contribution is 8.13. The molecule has 1 amide bonds. The number of carbonyl (C=O) groups excluding carboxylic acids is 1. The number of hydrogen-bond donors (Lipinski definition) is 0. The molecule has 13 heavy (non-hydrogen) atoms. The topological polar surface area (TPSA) is 41.8 Å². The van der Waals surface area contributed by atoms with Crippen LogP contribution < -0.4 is 10.6 Å². The second kappa shape index (κ2) is 2.29. The molecule has 0 bridgehead atoms. The third-order valence-electron chi connectivity index (χ3n) is 1.98. The monoisotopic (exact) mass is 188 g/mol. The smallest absolute Gasteiger partial charge is 0.259 e. The fourth-order valence-electron chi connectivity index (χ4n) is 1.40. The first-order valence-corrected chi connectivity index (χ1v) is 4.63. The first kappa shape index (κ1) is 7.03. The van der Waals surface area contributed by atoms with Crippen molar-refractivity contribution in [3.8, 4) is 0 Å². The largest absolute Gasteiger partial charge is 0.310 e. The molecule has 0 N–H and O–H groups in total. The van der Waals surface area contributed by atoms with Gasteiger partial charge in [0, 0.05) is 16.3 Å². The van der Waals surface area contributed by atoms with Gasteiger partial charge in [0.15, 0.2) is 0 Å². The van der Waals surface area contributed by atoms with Gasteiger partial charge in [0.05, 0.1) is 11.0 Å². The van der Waals surface area contributed by atoms with Crippen LogP contribution in [0.3, 0.4) is 0 Å². The molecule has 3 rings (SSSR count). The van der Waals surface area contributed by atoms with Crippen LogP contribution in [0.5, 0.6) is 0 Å². The minimum atomic E-state index is -0.136. The van der Waals surface area contributed by atoms with E-state index in [4.69, 9.17) is 0 Å². The number of aliphatic imine (C=N–C) groups is 1. The molecule has 1 aromatic carbocycles. The Bertz CT molecular complexity index is 560. The molecule has 0 aromatic heterocycles. The van der Waals surface area contributed by atoms with E-state index in [2.05, 4.69) is 9.98 Å². The van der Waals surface area contributed by atoms with E-state index < -0.39 is 0 Å². The maximum Gasteiger partial charge on any atom is 0.310 e.